The van der Waals surface area contributed by atoms with Crippen molar-refractivity contribution in [3.8, 4) is 11.5 Å². The number of hydrogen-bond donors (Lipinski definition) is 3. The highest BCUT2D eigenvalue weighted by Gasteiger charge is 2.23. The Labute approximate surface area is 294 Å². The zero-order valence-corrected chi connectivity index (χ0v) is 28.6. The van der Waals surface area contributed by atoms with Crippen LogP contribution in [0.1, 0.15) is 32.3 Å². The molecule has 3 amide bonds. The summed E-state index contributed by atoms with van der Waals surface area (Å²) >= 11 is 7.57. The van der Waals surface area contributed by atoms with Crippen LogP contribution in [0.5, 0.6) is 11.5 Å². The summed E-state index contributed by atoms with van der Waals surface area (Å²) < 4.78 is 11.0. The van der Waals surface area contributed by atoms with Crippen molar-refractivity contribution in [2.45, 2.75) is 17.1 Å². The van der Waals surface area contributed by atoms with E-state index in [-0.39, 0.29) is 11.6 Å². The lowest BCUT2D eigenvalue weighted by Gasteiger charge is -2.18. The number of para-hydroxylation sites is 1. The van der Waals surface area contributed by atoms with E-state index in [0.717, 1.165) is 16.0 Å². The number of halogens is 1. The SMILES string of the molecule is COc1cccc(/C=C(\NC(=O)c2ccccc2)C(=O)Nc2ccc(SC(C(=O)Nc3cc(Cl)ccc3C)c3ccccc3)cc2)c1OC. The minimum atomic E-state index is -0.569. The van der Waals surface area contributed by atoms with Crippen LogP contribution in [0.2, 0.25) is 5.02 Å². The van der Waals surface area contributed by atoms with Crippen molar-refractivity contribution in [1.82, 2.24) is 5.32 Å². The number of nitrogens with one attached hydrogen (secondary N) is 3. The number of amides is 3. The smallest absolute Gasteiger partial charge is 0.272 e. The lowest BCUT2D eigenvalue weighted by molar-refractivity contribution is -0.116. The molecule has 0 bridgehead atoms. The molecule has 5 aromatic carbocycles. The number of carbonyl (C=O) groups excluding carboxylic acids is 3. The molecule has 3 N–H and O–H groups in total. The Kier molecular flexibility index (Phi) is 11.8. The molecule has 0 fully saturated rings. The summed E-state index contributed by atoms with van der Waals surface area (Å²) in [7, 11) is 3.02. The summed E-state index contributed by atoms with van der Waals surface area (Å²) in [6.45, 7) is 1.91. The van der Waals surface area contributed by atoms with Crippen LogP contribution in [0.15, 0.2) is 132 Å². The molecule has 0 spiro atoms. The number of thioether (sulfide) groups is 1. The monoisotopic (exact) mass is 691 g/mol. The third kappa shape index (κ3) is 9.10. The third-order valence-electron chi connectivity index (χ3n) is 7.43. The van der Waals surface area contributed by atoms with Crippen molar-refractivity contribution >= 4 is 58.5 Å². The predicted molar refractivity (Wildman–Crippen MR) is 196 cm³/mol. The van der Waals surface area contributed by atoms with E-state index in [2.05, 4.69) is 16.0 Å². The van der Waals surface area contributed by atoms with Crippen molar-refractivity contribution in [2.24, 2.45) is 0 Å². The Hall–Kier alpha value is -5.51. The fourth-order valence-corrected chi connectivity index (χ4v) is 6.10. The van der Waals surface area contributed by atoms with Crippen LogP contribution in [-0.2, 0) is 9.59 Å². The lowest BCUT2D eigenvalue weighted by atomic mass is 10.1. The molecule has 0 heterocycles. The van der Waals surface area contributed by atoms with E-state index in [1.165, 1.54) is 32.1 Å². The number of ether oxygens (including phenoxy) is 2. The number of carbonyl (C=O) groups is 3. The van der Waals surface area contributed by atoms with Crippen molar-refractivity contribution in [1.29, 1.82) is 0 Å². The third-order valence-corrected chi connectivity index (χ3v) is 8.93. The van der Waals surface area contributed by atoms with Gasteiger partial charge in [-0.15, -0.1) is 11.8 Å². The van der Waals surface area contributed by atoms with Gasteiger partial charge in [-0.1, -0.05) is 78.3 Å². The summed E-state index contributed by atoms with van der Waals surface area (Å²) in [4.78, 5) is 41.2. The quantitative estimate of drug-likeness (QED) is 0.0895. The first-order chi connectivity index (χ1) is 23.7. The van der Waals surface area contributed by atoms with Crippen LogP contribution in [0.4, 0.5) is 11.4 Å². The first-order valence-corrected chi connectivity index (χ1v) is 16.5. The second kappa shape index (κ2) is 16.5. The fourth-order valence-electron chi connectivity index (χ4n) is 4.90. The Morgan fingerprint density at radius 3 is 2.14 bits per heavy atom. The highest BCUT2D eigenvalue weighted by atomic mass is 35.5. The summed E-state index contributed by atoms with van der Waals surface area (Å²) in [5.74, 6) is -0.311. The standard InChI is InChI=1S/C39H34ClN3O5S/c1-25-17-18-29(40)24-32(25)42-39(46)36(26-11-6-4-7-12-26)49-31-21-19-30(20-22-31)41-38(45)33(43-37(44)27-13-8-5-9-14-27)23-28-15-10-16-34(47-2)35(28)48-3/h4-24,36H,1-3H3,(H,41,45)(H,42,46)(H,43,44)/b33-23-. The molecule has 10 heteroatoms. The highest BCUT2D eigenvalue weighted by molar-refractivity contribution is 8.00. The Morgan fingerprint density at radius 1 is 0.776 bits per heavy atom. The molecule has 0 saturated carbocycles. The number of anilines is 2. The van der Waals surface area contributed by atoms with Crippen LogP contribution < -0.4 is 25.4 Å². The van der Waals surface area contributed by atoms with E-state index in [1.807, 2.05) is 55.5 Å². The van der Waals surface area contributed by atoms with Crippen molar-refractivity contribution in [3.05, 3.63) is 154 Å². The second-order valence-electron chi connectivity index (χ2n) is 10.8. The molecule has 0 radical (unpaired) electrons. The molecular weight excluding hydrogens is 658 g/mol. The van der Waals surface area contributed by atoms with E-state index in [4.69, 9.17) is 21.1 Å². The van der Waals surface area contributed by atoms with E-state index >= 15 is 0 Å². The molecule has 0 aliphatic carbocycles. The normalized spacial score (nSPS) is 11.6. The fraction of sp³-hybridized carbons (Fsp3) is 0.103. The van der Waals surface area contributed by atoms with Crippen LogP contribution in [0.25, 0.3) is 6.08 Å². The Morgan fingerprint density at radius 2 is 1.47 bits per heavy atom. The lowest BCUT2D eigenvalue weighted by Crippen LogP contribution is -2.30. The van der Waals surface area contributed by atoms with Gasteiger partial charge in [0.2, 0.25) is 5.91 Å². The van der Waals surface area contributed by atoms with Crippen LogP contribution in [0, 0.1) is 6.92 Å². The van der Waals surface area contributed by atoms with Gasteiger partial charge in [-0.3, -0.25) is 14.4 Å². The van der Waals surface area contributed by atoms with E-state index in [1.54, 1.807) is 72.8 Å². The van der Waals surface area contributed by atoms with Gasteiger partial charge in [0.05, 0.1) is 14.2 Å². The maximum atomic E-state index is 13.7. The first-order valence-electron chi connectivity index (χ1n) is 15.2. The number of benzene rings is 5. The molecule has 1 unspecified atom stereocenters. The molecule has 0 aliphatic rings. The molecule has 49 heavy (non-hydrogen) atoms. The van der Waals surface area contributed by atoms with Gasteiger partial charge < -0.3 is 25.4 Å². The van der Waals surface area contributed by atoms with Gasteiger partial charge >= 0.3 is 0 Å². The largest absolute Gasteiger partial charge is 0.493 e. The number of methoxy groups -OCH3 is 2. The molecule has 248 valence electrons. The van der Waals surface area contributed by atoms with Crippen LogP contribution in [-0.4, -0.2) is 31.9 Å². The molecule has 0 saturated heterocycles. The summed E-state index contributed by atoms with van der Waals surface area (Å²) in [6.07, 6.45) is 1.53. The van der Waals surface area contributed by atoms with Crippen molar-refractivity contribution < 1.29 is 23.9 Å². The van der Waals surface area contributed by atoms with E-state index in [0.29, 0.717) is 39.0 Å². The van der Waals surface area contributed by atoms with Gasteiger partial charge in [0.15, 0.2) is 11.5 Å². The predicted octanol–water partition coefficient (Wildman–Crippen LogP) is 8.55. The molecule has 1 atom stereocenters. The summed E-state index contributed by atoms with van der Waals surface area (Å²) in [5.41, 5.74) is 3.78. The second-order valence-corrected chi connectivity index (χ2v) is 12.4. The van der Waals surface area contributed by atoms with Crippen molar-refractivity contribution in [2.75, 3.05) is 24.9 Å². The topological polar surface area (TPSA) is 106 Å². The first kappa shape index (κ1) is 34.8. The molecule has 5 rings (SSSR count). The minimum Gasteiger partial charge on any atom is -0.493 e. The van der Waals surface area contributed by atoms with Crippen LogP contribution >= 0.6 is 23.4 Å². The number of hydrogen-bond acceptors (Lipinski definition) is 6. The van der Waals surface area contributed by atoms with Gasteiger partial charge in [-0.25, -0.2) is 0 Å². The number of aryl methyl sites for hydroxylation is 1. The molecule has 0 aliphatic heterocycles. The molecule has 0 aromatic heterocycles. The zero-order valence-electron chi connectivity index (χ0n) is 27.0. The van der Waals surface area contributed by atoms with Gasteiger partial charge in [-0.2, -0.15) is 0 Å². The average molecular weight is 692 g/mol. The van der Waals surface area contributed by atoms with E-state index in [9.17, 15) is 14.4 Å². The molecule has 8 nitrogen and oxygen atoms in total. The van der Waals surface area contributed by atoms with Gasteiger partial charge in [-0.05, 0) is 78.7 Å². The van der Waals surface area contributed by atoms with E-state index < -0.39 is 17.1 Å². The summed E-state index contributed by atoms with van der Waals surface area (Å²) in [5, 5.41) is 8.60. The maximum absolute atomic E-state index is 13.7. The maximum Gasteiger partial charge on any atom is 0.272 e. The van der Waals surface area contributed by atoms with Crippen LogP contribution in [0.3, 0.4) is 0 Å². The number of rotatable bonds is 12. The highest BCUT2D eigenvalue weighted by Crippen LogP contribution is 2.37. The Balaban J connectivity index is 1.37. The zero-order chi connectivity index (χ0) is 34.8. The van der Waals surface area contributed by atoms with Gasteiger partial charge in [0.25, 0.3) is 11.8 Å². The average Bonchev–Trinajstić information content (AvgIpc) is 3.13. The van der Waals surface area contributed by atoms with Gasteiger partial charge in [0, 0.05) is 32.4 Å². The van der Waals surface area contributed by atoms with Crippen molar-refractivity contribution in [3.63, 3.8) is 0 Å². The minimum absolute atomic E-state index is 0.00372. The molecule has 5 aromatic rings. The Bertz CT molecular complexity index is 1970. The van der Waals surface area contributed by atoms with Gasteiger partial charge in [0.1, 0.15) is 10.9 Å². The molecular formula is C39H34ClN3O5S. The summed E-state index contributed by atoms with van der Waals surface area (Å²) in [6, 6.07) is 35.9.